The minimum Gasteiger partial charge on any atom is -0.319 e. The van der Waals surface area contributed by atoms with E-state index in [2.05, 4.69) is 52.2 Å². The van der Waals surface area contributed by atoms with Crippen molar-refractivity contribution in [3.8, 4) is 0 Å². The second-order valence-electron chi connectivity index (χ2n) is 6.29. The Balaban J connectivity index is 4.36. The van der Waals surface area contributed by atoms with Crippen LogP contribution in [0.3, 0.4) is 0 Å². The molecule has 0 amide bonds. The van der Waals surface area contributed by atoms with Gasteiger partial charge in [-0.25, -0.2) is 9.78 Å². The van der Waals surface area contributed by atoms with Crippen LogP contribution in [0.25, 0.3) is 0 Å². The van der Waals surface area contributed by atoms with Crippen LogP contribution in [0, 0.1) is 11.8 Å². The van der Waals surface area contributed by atoms with Crippen molar-refractivity contribution in [1.82, 2.24) is 10.6 Å². The van der Waals surface area contributed by atoms with E-state index in [0.29, 0.717) is 11.8 Å². The normalized spacial score (nSPS) is 16.7. The molecule has 0 spiro atoms. The Kier molecular flexibility index (Phi) is 7.37. The molecule has 2 unspecified atom stereocenters. The third-order valence-corrected chi connectivity index (χ3v) is 3.87. The number of rotatable bonds is 9. The fourth-order valence-electron chi connectivity index (χ4n) is 1.48. The fourth-order valence-corrected chi connectivity index (χ4v) is 1.48. The molecular formula is C14H32N2O2. The molecule has 0 aromatic rings. The molecule has 0 heterocycles. The summed E-state index contributed by atoms with van der Waals surface area (Å²) in [4.78, 5) is 11.4. The Hall–Kier alpha value is -0.160. The van der Waals surface area contributed by atoms with E-state index in [1.54, 1.807) is 0 Å². The van der Waals surface area contributed by atoms with Gasteiger partial charge in [-0.2, -0.15) is 0 Å². The van der Waals surface area contributed by atoms with E-state index in [1.165, 1.54) is 0 Å². The van der Waals surface area contributed by atoms with Crippen LogP contribution in [-0.4, -0.2) is 38.4 Å². The number of nitrogens with one attached hydrogen (secondary N) is 2. The number of hydrogen-bond acceptors (Lipinski definition) is 4. The highest BCUT2D eigenvalue weighted by atomic mass is 17.2. The van der Waals surface area contributed by atoms with Gasteiger partial charge in [-0.15, -0.1) is 0 Å². The van der Waals surface area contributed by atoms with Crippen LogP contribution < -0.4 is 10.6 Å². The molecular weight excluding hydrogens is 228 g/mol. The van der Waals surface area contributed by atoms with Crippen LogP contribution >= 0.6 is 0 Å². The van der Waals surface area contributed by atoms with Crippen LogP contribution in [0.2, 0.25) is 0 Å². The van der Waals surface area contributed by atoms with Crippen LogP contribution in [0.15, 0.2) is 0 Å². The Morgan fingerprint density at radius 2 is 1.06 bits per heavy atom. The maximum atomic E-state index is 5.71. The molecule has 2 N–H and O–H groups in total. The first-order valence-corrected chi connectivity index (χ1v) is 6.83. The van der Waals surface area contributed by atoms with E-state index >= 15 is 0 Å². The highest BCUT2D eigenvalue weighted by Crippen LogP contribution is 2.27. The van der Waals surface area contributed by atoms with Crippen LogP contribution in [0.4, 0.5) is 0 Å². The van der Waals surface area contributed by atoms with Gasteiger partial charge in [0, 0.05) is 24.9 Å². The predicted octanol–water partition coefficient (Wildman–Crippen LogP) is 2.20. The molecule has 0 aliphatic rings. The maximum absolute atomic E-state index is 5.71. The summed E-state index contributed by atoms with van der Waals surface area (Å²) < 4.78 is 0. The lowest BCUT2D eigenvalue weighted by Gasteiger charge is -2.37. The second kappa shape index (κ2) is 7.43. The Bertz CT molecular complexity index is 206. The first-order chi connectivity index (χ1) is 8.17. The topological polar surface area (TPSA) is 42.5 Å². The molecule has 4 heteroatoms. The van der Waals surface area contributed by atoms with Crippen LogP contribution in [0.5, 0.6) is 0 Å². The Morgan fingerprint density at radius 3 is 1.28 bits per heavy atom. The molecule has 18 heavy (non-hydrogen) atoms. The summed E-state index contributed by atoms with van der Waals surface area (Å²) in [5.74, 6) is 0.746. The molecule has 0 bridgehead atoms. The molecule has 0 aliphatic carbocycles. The minimum atomic E-state index is -0.306. The van der Waals surface area contributed by atoms with E-state index in [1.807, 2.05) is 14.1 Å². The predicted molar refractivity (Wildman–Crippen MR) is 76.5 cm³/mol. The molecule has 0 saturated carbocycles. The molecule has 0 aromatic heterocycles. The lowest BCUT2D eigenvalue weighted by molar-refractivity contribution is -0.415. The molecule has 0 rings (SSSR count). The third kappa shape index (κ3) is 5.65. The van der Waals surface area contributed by atoms with Gasteiger partial charge in [0.2, 0.25) is 0 Å². The van der Waals surface area contributed by atoms with Gasteiger partial charge in [-0.05, 0) is 41.8 Å². The molecule has 4 nitrogen and oxygen atoms in total. The summed E-state index contributed by atoms with van der Waals surface area (Å²) >= 11 is 0. The summed E-state index contributed by atoms with van der Waals surface area (Å²) in [6.07, 6.45) is 0. The molecule has 0 fully saturated rings. The van der Waals surface area contributed by atoms with Crippen molar-refractivity contribution >= 4 is 0 Å². The smallest absolute Gasteiger partial charge is 0.102 e. The maximum Gasteiger partial charge on any atom is 0.102 e. The molecule has 0 aliphatic heterocycles. The monoisotopic (exact) mass is 260 g/mol. The Labute approximate surface area is 113 Å². The zero-order valence-corrected chi connectivity index (χ0v) is 13.4. The SMILES string of the molecule is CNCC(C)C(C)(C)OOC(C)(C)C(C)CNC. The van der Waals surface area contributed by atoms with E-state index in [0.717, 1.165) is 13.1 Å². The van der Waals surface area contributed by atoms with Gasteiger partial charge in [-0.1, -0.05) is 13.8 Å². The van der Waals surface area contributed by atoms with Gasteiger partial charge >= 0.3 is 0 Å². The summed E-state index contributed by atoms with van der Waals surface area (Å²) in [6, 6.07) is 0. The summed E-state index contributed by atoms with van der Waals surface area (Å²) in [7, 11) is 3.90. The van der Waals surface area contributed by atoms with Crippen molar-refractivity contribution < 1.29 is 9.78 Å². The van der Waals surface area contributed by atoms with Crippen molar-refractivity contribution in [1.29, 1.82) is 0 Å². The Morgan fingerprint density at radius 1 is 0.778 bits per heavy atom. The fraction of sp³-hybridized carbons (Fsp3) is 1.00. The number of hydrogen-bond donors (Lipinski definition) is 2. The standard InChI is InChI=1S/C14H32N2O2/c1-11(9-15-7)13(3,4)17-18-14(5,6)12(2)10-16-8/h11-12,15-16H,9-10H2,1-8H3. The first-order valence-electron chi connectivity index (χ1n) is 6.83. The highest BCUT2D eigenvalue weighted by Gasteiger charge is 2.33. The van der Waals surface area contributed by atoms with Crippen LogP contribution in [0.1, 0.15) is 41.5 Å². The summed E-state index contributed by atoms with van der Waals surface area (Å²) in [6.45, 7) is 14.4. The van der Waals surface area contributed by atoms with Gasteiger partial charge < -0.3 is 10.6 Å². The van der Waals surface area contributed by atoms with Crippen molar-refractivity contribution in [2.24, 2.45) is 11.8 Å². The molecule has 2 atom stereocenters. The third-order valence-electron chi connectivity index (χ3n) is 3.87. The van der Waals surface area contributed by atoms with Crippen molar-refractivity contribution in [3.63, 3.8) is 0 Å². The van der Waals surface area contributed by atoms with Crippen molar-refractivity contribution in [2.45, 2.75) is 52.7 Å². The van der Waals surface area contributed by atoms with Gasteiger partial charge in [0.15, 0.2) is 0 Å². The summed E-state index contributed by atoms with van der Waals surface area (Å²) in [5, 5.41) is 6.34. The zero-order valence-electron chi connectivity index (χ0n) is 13.4. The van der Waals surface area contributed by atoms with Gasteiger partial charge in [-0.3, -0.25) is 0 Å². The molecule has 110 valence electrons. The van der Waals surface area contributed by atoms with E-state index in [4.69, 9.17) is 9.78 Å². The highest BCUT2D eigenvalue weighted by molar-refractivity contribution is 4.79. The first kappa shape index (κ1) is 17.8. The van der Waals surface area contributed by atoms with Gasteiger partial charge in [0.25, 0.3) is 0 Å². The summed E-state index contributed by atoms with van der Waals surface area (Å²) in [5.41, 5.74) is -0.612. The molecule has 0 saturated heterocycles. The molecule has 0 aromatic carbocycles. The van der Waals surface area contributed by atoms with Crippen molar-refractivity contribution in [3.05, 3.63) is 0 Å². The lowest BCUT2D eigenvalue weighted by atomic mass is 9.92. The van der Waals surface area contributed by atoms with E-state index in [-0.39, 0.29) is 11.2 Å². The lowest BCUT2D eigenvalue weighted by Crippen LogP contribution is -2.44. The van der Waals surface area contributed by atoms with Crippen LogP contribution in [-0.2, 0) is 9.78 Å². The second-order valence-corrected chi connectivity index (χ2v) is 6.29. The van der Waals surface area contributed by atoms with E-state index in [9.17, 15) is 0 Å². The van der Waals surface area contributed by atoms with E-state index < -0.39 is 0 Å². The minimum absolute atomic E-state index is 0.306. The van der Waals surface area contributed by atoms with Gasteiger partial charge in [0.1, 0.15) is 11.2 Å². The zero-order chi connectivity index (χ0) is 14.4. The largest absolute Gasteiger partial charge is 0.319 e. The van der Waals surface area contributed by atoms with Gasteiger partial charge in [0.05, 0.1) is 0 Å². The average Bonchev–Trinajstić information content (AvgIpc) is 2.27. The van der Waals surface area contributed by atoms with Crippen molar-refractivity contribution in [2.75, 3.05) is 27.2 Å². The molecule has 0 radical (unpaired) electrons. The average molecular weight is 260 g/mol. The quantitative estimate of drug-likeness (QED) is 0.493.